The zero-order valence-electron chi connectivity index (χ0n) is 20.3. The fourth-order valence-electron chi connectivity index (χ4n) is 3.37. The Morgan fingerprint density at radius 1 is 1.42 bits per heavy atom. The van der Waals surface area contributed by atoms with Gasteiger partial charge in [-0.1, -0.05) is 18.7 Å². The Labute approximate surface area is 198 Å². The minimum Gasteiger partial charge on any atom is -0.490 e. The standard InChI is InChI=1S/C25H34FN4O2P/c1-8-28-22(24(17(3)31)18(4)32-15-25(5,6)26)13-27-12-20-10-9-19(11-23(20)33)21-14-30(7)29-16(21)2/h8-11,14,27H,4,12-13,15,33H2,1-3,5-7H3/b24-22-,28-8?. The smallest absolute Gasteiger partial charge is 0.165 e. The summed E-state index contributed by atoms with van der Waals surface area (Å²) < 4.78 is 21.1. The minimum atomic E-state index is -1.53. The molecule has 2 rings (SSSR count). The summed E-state index contributed by atoms with van der Waals surface area (Å²) in [6.07, 6.45) is 3.62. The Morgan fingerprint density at radius 3 is 2.64 bits per heavy atom. The van der Waals surface area contributed by atoms with Crippen LogP contribution in [0.4, 0.5) is 4.39 Å². The molecular formula is C25H34FN4O2P. The molecule has 0 bridgehead atoms. The molecule has 1 atom stereocenters. The van der Waals surface area contributed by atoms with E-state index in [1.165, 1.54) is 20.8 Å². The van der Waals surface area contributed by atoms with Crippen LogP contribution in [0.3, 0.4) is 0 Å². The monoisotopic (exact) mass is 472 g/mol. The third-order valence-electron chi connectivity index (χ3n) is 4.87. The van der Waals surface area contributed by atoms with E-state index in [1.807, 2.05) is 24.9 Å². The van der Waals surface area contributed by atoms with Gasteiger partial charge in [0, 0.05) is 38.1 Å². The second kappa shape index (κ2) is 11.5. The van der Waals surface area contributed by atoms with E-state index in [9.17, 15) is 9.18 Å². The number of hydrogen-bond acceptors (Lipinski definition) is 5. The number of nitrogens with one attached hydrogen (secondary N) is 1. The molecule has 0 radical (unpaired) electrons. The lowest BCUT2D eigenvalue weighted by atomic mass is 10.0. The van der Waals surface area contributed by atoms with E-state index in [4.69, 9.17) is 4.74 Å². The number of ketones is 1. The van der Waals surface area contributed by atoms with Crippen LogP contribution in [0.25, 0.3) is 11.1 Å². The molecule has 1 N–H and O–H groups in total. The third kappa shape index (κ3) is 7.72. The quantitative estimate of drug-likeness (QED) is 0.175. The van der Waals surface area contributed by atoms with Gasteiger partial charge in [-0.05, 0) is 57.1 Å². The maximum absolute atomic E-state index is 13.8. The van der Waals surface area contributed by atoms with Crippen molar-refractivity contribution >= 4 is 26.5 Å². The fourth-order valence-corrected chi connectivity index (χ4v) is 3.75. The lowest BCUT2D eigenvalue weighted by Gasteiger charge is -2.19. The van der Waals surface area contributed by atoms with Crippen LogP contribution in [0, 0.1) is 6.92 Å². The number of ether oxygens (including phenoxy) is 1. The molecule has 0 fully saturated rings. The fraction of sp³-hybridized carbons (Fsp3) is 0.400. The average molecular weight is 473 g/mol. The normalized spacial score (nSPS) is 12.7. The van der Waals surface area contributed by atoms with Gasteiger partial charge in [-0.25, -0.2) is 4.39 Å². The molecule has 33 heavy (non-hydrogen) atoms. The molecule has 1 unspecified atom stereocenters. The number of allylic oxidation sites excluding steroid dienone is 1. The first kappa shape index (κ1) is 26.6. The molecule has 0 aliphatic carbocycles. The highest BCUT2D eigenvalue weighted by Crippen LogP contribution is 2.23. The van der Waals surface area contributed by atoms with Crippen LogP contribution < -0.4 is 10.6 Å². The lowest BCUT2D eigenvalue weighted by Crippen LogP contribution is -2.23. The first-order valence-corrected chi connectivity index (χ1v) is 11.3. The predicted molar refractivity (Wildman–Crippen MR) is 137 cm³/mol. The van der Waals surface area contributed by atoms with Crippen LogP contribution in [-0.4, -0.2) is 40.6 Å². The van der Waals surface area contributed by atoms with Gasteiger partial charge < -0.3 is 10.1 Å². The Hall–Kier alpha value is -2.63. The van der Waals surface area contributed by atoms with Crippen molar-refractivity contribution in [3.05, 3.63) is 59.3 Å². The number of halogens is 1. The van der Waals surface area contributed by atoms with Crippen LogP contribution in [0.1, 0.15) is 39.0 Å². The summed E-state index contributed by atoms with van der Waals surface area (Å²) in [5.74, 6) is -0.111. The number of nitrogens with zero attached hydrogens (tertiary/aromatic N) is 3. The zero-order valence-corrected chi connectivity index (χ0v) is 21.5. The maximum Gasteiger partial charge on any atom is 0.165 e. The largest absolute Gasteiger partial charge is 0.490 e. The van der Waals surface area contributed by atoms with E-state index in [-0.39, 0.29) is 23.7 Å². The van der Waals surface area contributed by atoms with Gasteiger partial charge in [0.2, 0.25) is 0 Å². The van der Waals surface area contributed by atoms with E-state index >= 15 is 0 Å². The Morgan fingerprint density at radius 2 is 2.12 bits per heavy atom. The number of aromatic nitrogens is 2. The number of rotatable bonds is 11. The summed E-state index contributed by atoms with van der Waals surface area (Å²) >= 11 is 0. The van der Waals surface area contributed by atoms with E-state index in [2.05, 4.69) is 49.4 Å². The van der Waals surface area contributed by atoms with E-state index < -0.39 is 5.67 Å². The average Bonchev–Trinajstić information content (AvgIpc) is 3.05. The molecule has 178 valence electrons. The summed E-state index contributed by atoms with van der Waals surface area (Å²) in [6.45, 7) is 12.5. The van der Waals surface area contributed by atoms with Crippen molar-refractivity contribution in [2.24, 2.45) is 12.0 Å². The van der Waals surface area contributed by atoms with Crippen LogP contribution in [0.5, 0.6) is 0 Å². The summed E-state index contributed by atoms with van der Waals surface area (Å²) in [5, 5.41) is 8.82. The van der Waals surface area contributed by atoms with E-state index in [0.29, 0.717) is 18.8 Å². The number of carbonyl (C=O) groups is 1. The zero-order chi connectivity index (χ0) is 24.8. The van der Waals surface area contributed by atoms with Gasteiger partial charge >= 0.3 is 0 Å². The molecule has 0 aliphatic rings. The topological polar surface area (TPSA) is 68.5 Å². The summed E-state index contributed by atoms with van der Waals surface area (Å²) in [7, 11) is 4.69. The predicted octanol–water partition coefficient (Wildman–Crippen LogP) is 4.20. The van der Waals surface area contributed by atoms with Crippen molar-refractivity contribution in [2.75, 3.05) is 13.2 Å². The van der Waals surface area contributed by atoms with Crippen LogP contribution in [0.15, 0.2) is 53.0 Å². The Bertz CT molecular complexity index is 1080. The second-order valence-corrected chi connectivity index (χ2v) is 9.14. The molecular weight excluding hydrogens is 438 g/mol. The maximum atomic E-state index is 13.8. The molecule has 0 amide bonds. The van der Waals surface area contributed by atoms with Gasteiger partial charge in [0.25, 0.3) is 0 Å². The minimum absolute atomic E-state index is 0.124. The lowest BCUT2D eigenvalue weighted by molar-refractivity contribution is -0.113. The van der Waals surface area contributed by atoms with E-state index in [0.717, 1.165) is 27.7 Å². The van der Waals surface area contributed by atoms with Gasteiger partial charge in [0.15, 0.2) is 5.78 Å². The van der Waals surface area contributed by atoms with Gasteiger partial charge in [-0.15, -0.1) is 9.24 Å². The van der Waals surface area contributed by atoms with Gasteiger partial charge in [-0.3, -0.25) is 14.5 Å². The summed E-state index contributed by atoms with van der Waals surface area (Å²) in [4.78, 5) is 16.7. The van der Waals surface area contributed by atoms with Gasteiger partial charge in [-0.2, -0.15) is 5.10 Å². The second-order valence-electron chi connectivity index (χ2n) is 8.51. The third-order valence-corrected chi connectivity index (χ3v) is 5.41. The number of aliphatic imine (C=N–C) groups is 1. The molecule has 0 spiro atoms. The van der Waals surface area contributed by atoms with Crippen LogP contribution >= 0.6 is 9.24 Å². The van der Waals surface area contributed by atoms with Gasteiger partial charge in [0.1, 0.15) is 18.0 Å². The Balaban J connectivity index is 2.16. The Kier molecular flexibility index (Phi) is 9.26. The molecule has 1 aromatic carbocycles. The van der Waals surface area contributed by atoms with Crippen molar-refractivity contribution in [3.63, 3.8) is 0 Å². The molecule has 0 saturated heterocycles. The van der Waals surface area contributed by atoms with Crippen molar-refractivity contribution < 1.29 is 13.9 Å². The summed E-state index contributed by atoms with van der Waals surface area (Å²) in [6, 6.07) is 6.26. The molecule has 8 heteroatoms. The molecule has 6 nitrogen and oxygen atoms in total. The SMILES string of the molecule is C=C(OCC(C)(C)F)/C(C(C)=O)=C(/CNCc1ccc(-c2cn(C)nc2C)cc1P)N=CC. The number of benzene rings is 1. The van der Waals surface area contributed by atoms with Gasteiger partial charge in [0.05, 0.1) is 17.0 Å². The molecule has 2 aromatic rings. The van der Waals surface area contributed by atoms with Crippen molar-refractivity contribution in [2.45, 2.75) is 46.8 Å². The first-order valence-electron chi connectivity index (χ1n) is 10.8. The van der Waals surface area contributed by atoms with Crippen molar-refractivity contribution in [1.82, 2.24) is 15.1 Å². The highest BCUT2D eigenvalue weighted by atomic mass is 31.0. The number of carbonyl (C=O) groups excluding carboxylic acids is 1. The van der Waals surface area contributed by atoms with Crippen LogP contribution in [0.2, 0.25) is 0 Å². The number of hydrogen-bond donors (Lipinski definition) is 1. The summed E-state index contributed by atoms with van der Waals surface area (Å²) in [5.41, 5.74) is 3.52. The number of aryl methyl sites for hydroxylation is 2. The first-order chi connectivity index (χ1) is 15.4. The van der Waals surface area contributed by atoms with Crippen molar-refractivity contribution in [1.29, 1.82) is 0 Å². The number of Topliss-reactive ketones (excluding diaryl/α,β-unsaturated/α-hetero) is 1. The van der Waals surface area contributed by atoms with Crippen molar-refractivity contribution in [3.8, 4) is 11.1 Å². The van der Waals surface area contributed by atoms with Crippen LogP contribution in [-0.2, 0) is 23.1 Å². The molecule has 0 saturated carbocycles. The highest BCUT2D eigenvalue weighted by molar-refractivity contribution is 7.27. The molecule has 0 aliphatic heterocycles. The molecule has 1 heterocycles. The number of alkyl halides is 1. The molecule has 1 aromatic heterocycles. The van der Waals surface area contributed by atoms with E-state index in [1.54, 1.807) is 13.1 Å². The highest BCUT2D eigenvalue weighted by Gasteiger charge is 2.21.